The maximum atomic E-state index is 13.5. The summed E-state index contributed by atoms with van der Waals surface area (Å²) in [6, 6.07) is 9.81. The Morgan fingerprint density at radius 1 is 1.06 bits per heavy atom. The van der Waals surface area contributed by atoms with E-state index in [0.29, 0.717) is 18.7 Å². The van der Waals surface area contributed by atoms with E-state index < -0.39 is 39.3 Å². The van der Waals surface area contributed by atoms with Crippen molar-refractivity contribution in [1.29, 1.82) is 0 Å². The summed E-state index contributed by atoms with van der Waals surface area (Å²) < 4.78 is 45.3. The van der Waals surface area contributed by atoms with Crippen LogP contribution in [0.15, 0.2) is 59.0 Å². The van der Waals surface area contributed by atoms with Crippen LogP contribution in [0.25, 0.3) is 5.76 Å². The van der Waals surface area contributed by atoms with Gasteiger partial charge in [0.25, 0.3) is 11.7 Å². The molecule has 1 aliphatic heterocycles. The Kier molecular flexibility index (Phi) is 7.86. The Labute approximate surface area is 198 Å². The van der Waals surface area contributed by atoms with Crippen molar-refractivity contribution < 1.29 is 32.2 Å². The van der Waals surface area contributed by atoms with Crippen LogP contribution in [0.4, 0.5) is 4.39 Å². The van der Waals surface area contributed by atoms with Crippen LogP contribution in [-0.2, 0) is 24.3 Å². The summed E-state index contributed by atoms with van der Waals surface area (Å²) in [4.78, 5) is 27.0. The third-order valence-corrected chi connectivity index (χ3v) is 7.80. The minimum Gasteiger partial charge on any atom is -0.507 e. The van der Waals surface area contributed by atoms with Gasteiger partial charge in [0.05, 0.1) is 23.1 Å². The molecule has 0 aromatic heterocycles. The van der Waals surface area contributed by atoms with E-state index >= 15 is 0 Å². The van der Waals surface area contributed by atoms with Crippen molar-refractivity contribution >= 4 is 27.5 Å². The zero-order valence-corrected chi connectivity index (χ0v) is 20.0. The Morgan fingerprint density at radius 2 is 1.65 bits per heavy atom. The van der Waals surface area contributed by atoms with E-state index in [1.807, 2.05) is 0 Å². The summed E-state index contributed by atoms with van der Waals surface area (Å²) in [5.74, 6) is -2.63. The number of methoxy groups -OCH3 is 1. The lowest BCUT2D eigenvalue weighted by Gasteiger charge is -2.25. The molecule has 0 saturated carbocycles. The van der Waals surface area contributed by atoms with Gasteiger partial charge >= 0.3 is 0 Å². The second-order valence-corrected chi connectivity index (χ2v) is 9.59. The Bertz CT molecular complexity index is 1190. The molecule has 1 saturated heterocycles. The number of ketones is 1. The Hall–Kier alpha value is -3.08. The molecular weight excluding hydrogens is 463 g/mol. The number of rotatable bonds is 9. The largest absolute Gasteiger partial charge is 0.507 e. The topological polar surface area (TPSA) is 104 Å². The van der Waals surface area contributed by atoms with Gasteiger partial charge in [0.1, 0.15) is 11.6 Å². The third kappa shape index (κ3) is 4.75. The number of ether oxygens (including phenoxy) is 1. The molecule has 182 valence electrons. The number of amides is 1. The summed E-state index contributed by atoms with van der Waals surface area (Å²) in [7, 11) is -2.25. The van der Waals surface area contributed by atoms with Gasteiger partial charge < -0.3 is 14.7 Å². The molecule has 1 fully saturated rings. The quantitative estimate of drug-likeness (QED) is 0.329. The van der Waals surface area contributed by atoms with Crippen LogP contribution in [0.1, 0.15) is 31.0 Å². The van der Waals surface area contributed by atoms with E-state index in [1.54, 1.807) is 13.8 Å². The van der Waals surface area contributed by atoms with Gasteiger partial charge in [-0.25, -0.2) is 12.8 Å². The first kappa shape index (κ1) is 25.5. The lowest BCUT2D eigenvalue weighted by Crippen LogP contribution is -2.32. The fraction of sp³-hybridized carbons (Fsp3) is 0.333. The fourth-order valence-electron chi connectivity index (χ4n) is 3.94. The smallest absolute Gasteiger partial charge is 0.295 e. The molecular formula is C24H27FN2O6S. The molecule has 2 aromatic rings. The minimum absolute atomic E-state index is 0.0448. The Balaban J connectivity index is 2.09. The predicted octanol–water partition coefficient (Wildman–Crippen LogP) is 2.92. The van der Waals surface area contributed by atoms with Crippen molar-refractivity contribution in [1.82, 2.24) is 9.21 Å². The molecule has 0 bridgehead atoms. The van der Waals surface area contributed by atoms with Gasteiger partial charge in [0, 0.05) is 32.3 Å². The van der Waals surface area contributed by atoms with Crippen LogP contribution in [-0.4, -0.2) is 67.8 Å². The van der Waals surface area contributed by atoms with E-state index in [9.17, 15) is 27.5 Å². The molecule has 0 radical (unpaired) electrons. The molecule has 1 amide bonds. The van der Waals surface area contributed by atoms with E-state index in [2.05, 4.69) is 0 Å². The van der Waals surface area contributed by atoms with Gasteiger partial charge in [-0.1, -0.05) is 26.0 Å². The van der Waals surface area contributed by atoms with E-state index in [4.69, 9.17) is 4.74 Å². The summed E-state index contributed by atoms with van der Waals surface area (Å²) in [6.07, 6.45) is 0. The van der Waals surface area contributed by atoms with Gasteiger partial charge in [0.2, 0.25) is 10.0 Å². The zero-order valence-electron chi connectivity index (χ0n) is 19.2. The molecule has 1 aliphatic rings. The molecule has 10 heteroatoms. The van der Waals surface area contributed by atoms with Crippen molar-refractivity contribution in [3.05, 3.63) is 71.0 Å². The average molecular weight is 491 g/mol. The number of carbonyl (C=O) groups is 2. The van der Waals surface area contributed by atoms with Crippen molar-refractivity contribution in [2.75, 3.05) is 33.4 Å². The molecule has 3 rings (SSSR count). The van der Waals surface area contributed by atoms with E-state index in [0.717, 1.165) is 0 Å². The molecule has 0 spiro atoms. The first-order valence-electron chi connectivity index (χ1n) is 10.8. The van der Waals surface area contributed by atoms with Gasteiger partial charge in [-0.2, -0.15) is 4.31 Å². The molecule has 1 atom stereocenters. The zero-order chi connectivity index (χ0) is 25.0. The summed E-state index contributed by atoms with van der Waals surface area (Å²) in [5.41, 5.74) is 0.460. The number of carbonyl (C=O) groups excluding carboxylic acids is 2. The van der Waals surface area contributed by atoms with Crippen molar-refractivity contribution in [3.8, 4) is 0 Å². The Morgan fingerprint density at radius 3 is 2.18 bits per heavy atom. The second kappa shape index (κ2) is 10.5. The SMILES string of the molecule is CCN(CC)S(=O)(=O)c1ccc(/C(O)=C2\C(=O)C(=O)N(CCOC)[C@H]2c2ccc(F)cc2)cc1. The number of likely N-dealkylation sites (tertiary alicyclic amines) is 1. The summed E-state index contributed by atoms with van der Waals surface area (Å²) in [6.45, 7) is 4.33. The highest BCUT2D eigenvalue weighted by atomic mass is 32.2. The van der Waals surface area contributed by atoms with Crippen LogP contribution < -0.4 is 0 Å². The van der Waals surface area contributed by atoms with Crippen LogP contribution in [0.3, 0.4) is 0 Å². The highest BCUT2D eigenvalue weighted by Crippen LogP contribution is 2.39. The van der Waals surface area contributed by atoms with Gasteiger partial charge in [0.15, 0.2) is 0 Å². The minimum atomic E-state index is -3.70. The van der Waals surface area contributed by atoms with Crippen LogP contribution in [0.2, 0.25) is 0 Å². The molecule has 8 nitrogen and oxygen atoms in total. The number of aliphatic hydroxyl groups is 1. The number of benzene rings is 2. The second-order valence-electron chi connectivity index (χ2n) is 7.65. The maximum absolute atomic E-state index is 13.5. The van der Waals surface area contributed by atoms with Gasteiger partial charge in [-0.3, -0.25) is 9.59 Å². The number of sulfonamides is 1. The maximum Gasteiger partial charge on any atom is 0.295 e. The van der Waals surface area contributed by atoms with Crippen LogP contribution in [0, 0.1) is 5.82 Å². The van der Waals surface area contributed by atoms with Crippen LogP contribution in [0.5, 0.6) is 0 Å². The first-order chi connectivity index (χ1) is 16.2. The predicted molar refractivity (Wildman–Crippen MR) is 124 cm³/mol. The normalized spacial score (nSPS) is 18.1. The molecule has 0 aliphatic carbocycles. The van der Waals surface area contributed by atoms with Crippen molar-refractivity contribution in [2.24, 2.45) is 0 Å². The lowest BCUT2D eigenvalue weighted by molar-refractivity contribution is -0.140. The summed E-state index contributed by atoms with van der Waals surface area (Å²) >= 11 is 0. The molecule has 2 aromatic carbocycles. The van der Waals surface area contributed by atoms with E-state index in [-0.39, 0.29) is 29.2 Å². The highest BCUT2D eigenvalue weighted by molar-refractivity contribution is 7.89. The molecule has 1 N–H and O–H groups in total. The summed E-state index contributed by atoms with van der Waals surface area (Å²) in [5, 5.41) is 11.0. The third-order valence-electron chi connectivity index (χ3n) is 5.73. The van der Waals surface area contributed by atoms with Crippen molar-refractivity contribution in [2.45, 2.75) is 24.8 Å². The highest BCUT2D eigenvalue weighted by Gasteiger charge is 2.45. The molecule has 34 heavy (non-hydrogen) atoms. The number of halogens is 1. The van der Waals surface area contributed by atoms with Gasteiger partial charge in [-0.15, -0.1) is 0 Å². The first-order valence-corrected chi connectivity index (χ1v) is 12.2. The van der Waals surface area contributed by atoms with Crippen molar-refractivity contribution in [3.63, 3.8) is 0 Å². The number of nitrogens with zero attached hydrogens (tertiary/aromatic N) is 2. The molecule has 1 heterocycles. The monoisotopic (exact) mass is 490 g/mol. The van der Waals surface area contributed by atoms with E-state index in [1.165, 1.54) is 64.8 Å². The molecule has 0 unspecified atom stereocenters. The number of aliphatic hydroxyl groups excluding tert-OH is 1. The average Bonchev–Trinajstić information content (AvgIpc) is 3.08. The number of hydrogen-bond acceptors (Lipinski definition) is 6. The van der Waals surface area contributed by atoms with Crippen LogP contribution >= 0.6 is 0 Å². The van der Waals surface area contributed by atoms with Gasteiger partial charge in [-0.05, 0) is 42.0 Å². The fourth-order valence-corrected chi connectivity index (χ4v) is 5.40. The lowest BCUT2D eigenvalue weighted by atomic mass is 9.95. The standard InChI is InChI=1S/C24H27FN2O6S/c1-4-26(5-2)34(31,32)19-12-8-17(9-13-19)22(28)20-21(16-6-10-18(25)11-7-16)27(14-15-33-3)24(30)23(20)29/h6-13,21,28H,4-5,14-15H2,1-3H3/b22-20+/t21-/m0/s1. The number of Topliss-reactive ketones (excluding diaryl/α,β-unsaturated/α-hetero) is 1. The number of hydrogen-bond donors (Lipinski definition) is 1.